The fraction of sp³-hybridized carbons (Fsp3) is 0.467. The van der Waals surface area contributed by atoms with Crippen molar-refractivity contribution in [1.82, 2.24) is 49.6 Å². The summed E-state index contributed by atoms with van der Waals surface area (Å²) in [5.74, 6) is 0.811. The molecular formula is C45H56N12O6. The number of hydrogen-bond acceptors (Lipinski definition) is 11. The summed E-state index contributed by atoms with van der Waals surface area (Å²) in [5.41, 5.74) is 3.39. The minimum absolute atomic E-state index is 0.0475. The Morgan fingerprint density at radius 3 is 2.44 bits per heavy atom. The molecule has 0 unspecified atom stereocenters. The number of aryl methyl sites for hydroxylation is 1. The number of carbonyl (C=O) groups is 5. The van der Waals surface area contributed by atoms with Gasteiger partial charge in [0.05, 0.1) is 0 Å². The van der Waals surface area contributed by atoms with Crippen LogP contribution < -0.4 is 25.6 Å². The van der Waals surface area contributed by atoms with Crippen molar-refractivity contribution in [3.8, 4) is 5.75 Å². The molecule has 1 aliphatic carbocycles. The second kappa shape index (κ2) is 19.2. The number of anilines is 3. The third kappa shape index (κ3) is 9.75. The monoisotopic (exact) mass is 860 g/mol. The van der Waals surface area contributed by atoms with Crippen LogP contribution in [-0.4, -0.2) is 135 Å². The SMILES string of the molecule is CN(C)C(=O)c1cc2cnc(Nc3ccc(C(=O)NCCCCCCN4CCN(C(=O)COc5cccc6c(N7CCC(=O)NC7=O)nn(C)c56)CC4)cc3)nc2n1C1CCCC1. The van der Waals surface area contributed by atoms with Crippen LogP contribution in [0.5, 0.6) is 5.75 Å². The van der Waals surface area contributed by atoms with Gasteiger partial charge in [0.2, 0.25) is 11.9 Å². The van der Waals surface area contributed by atoms with Crippen molar-refractivity contribution in [2.24, 2.45) is 7.05 Å². The van der Waals surface area contributed by atoms with E-state index in [2.05, 4.69) is 35.5 Å². The van der Waals surface area contributed by atoms with Gasteiger partial charge in [0, 0.05) is 101 Å². The van der Waals surface area contributed by atoms with Crippen LogP contribution in [0.15, 0.2) is 54.7 Å². The van der Waals surface area contributed by atoms with E-state index in [1.165, 1.54) is 4.90 Å². The highest BCUT2D eigenvalue weighted by molar-refractivity contribution is 6.09. The molecule has 1 saturated carbocycles. The lowest BCUT2D eigenvalue weighted by Gasteiger charge is -2.34. The topological polar surface area (TPSA) is 192 Å². The predicted octanol–water partition coefficient (Wildman–Crippen LogP) is 4.84. The number of urea groups is 1. The number of piperazine rings is 1. The van der Waals surface area contributed by atoms with E-state index < -0.39 is 6.03 Å². The molecule has 3 aromatic heterocycles. The smallest absolute Gasteiger partial charge is 0.329 e. The summed E-state index contributed by atoms with van der Waals surface area (Å²) in [5, 5.41) is 14.7. The van der Waals surface area contributed by atoms with Crippen LogP contribution in [-0.2, 0) is 16.6 Å². The van der Waals surface area contributed by atoms with Crippen molar-refractivity contribution in [3.63, 3.8) is 0 Å². The predicted molar refractivity (Wildman–Crippen MR) is 238 cm³/mol. The number of nitrogens with one attached hydrogen (secondary N) is 3. The molecule has 18 nitrogen and oxygen atoms in total. The Labute approximate surface area is 365 Å². The first-order chi connectivity index (χ1) is 30.5. The van der Waals surface area contributed by atoms with Gasteiger partial charge in [-0.3, -0.25) is 39.0 Å². The maximum absolute atomic E-state index is 13.1. The molecule has 5 heterocycles. The first kappa shape index (κ1) is 43.1. The summed E-state index contributed by atoms with van der Waals surface area (Å²) in [4.78, 5) is 79.8. The minimum atomic E-state index is -0.509. The first-order valence-electron chi connectivity index (χ1n) is 22.0. The fourth-order valence-corrected chi connectivity index (χ4v) is 8.76. The van der Waals surface area contributed by atoms with E-state index in [1.807, 2.05) is 29.2 Å². The third-order valence-electron chi connectivity index (χ3n) is 12.2. The summed E-state index contributed by atoms with van der Waals surface area (Å²) >= 11 is 0. The van der Waals surface area contributed by atoms with Crippen LogP contribution in [0, 0.1) is 0 Å². The van der Waals surface area contributed by atoms with E-state index >= 15 is 0 Å². The number of imide groups is 1. The lowest BCUT2D eigenvalue weighted by molar-refractivity contribution is -0.135. The summed E-state index contributed by atoms with van der Waals surface area (Å²) in [6, 6.07) is 14.3. The summed E-state index contributed by atoms with van der Waals surface area (Å²) in [6.45, 7) is 4.56. The number of benzene rings is 2. The number of ether oxygens (including phenoxy) is 1. The minimum Gasteiger partial charge on any atom is -0.481 e. The number of carbonyl (C=O) groups excluding carboxylic acids is 5. The highest BCUT2D eigenvalue weighted by Crippen LogP contribution is 2.36. The number of amides is 6. The lowest BCUT2D eigenvalue weighted by Crippen LogP contribution is -2.50. The van der Waals surface area contributed by atoms with Gasteiger partial charge in [0.1, 0.15) is 22.6 Å². The van der Waals surface area contributed by atoms with Gasteiger partial charge in [-0.2, -0.15) is 10.1 Å². The summed E-state index contributed by atoms with van der Waals surface area (Å²) in [7, 11) is 5.28. The summed E-state index contributed by atoms with van der Waals surface area (Å²) in [6.07, 6.45) is 10.2. The quantitative estimate of drug-likeness (QED) is 0.115. The standard InChI is InChI=1S/C45H56N12O6/c1-52(2)43(61)35-27-31-28-47-44(50-40(31)57(35)33-11-6-7-12-33)48-32-17-15-30(16-18-32)42(60)46-20-8-4-5-9-21-54-23-25-55(26-24-54)38(59)29-63-36-14-10-13-34-39(36)53(3)51-41(34)56-22-19-37(58)49-45(56)62/h10,13-18,27-28,33H,4-9,11-12,19-26,29H2,1-3H3,(H,46,60)(H,47,48,50)(H,49,58,62). The molecular weight excluding hydrogens is 805 g/mol. The molecule has 3 N–H and O–H groups in total. The average molecular weight is 861 g/mol. The van der Waals surface area contributed by atoms with Gasteiger partial charge < -0.3 is 29.7 Å². The van der Waals surface area contributed by atoms with E-state index in [1.54, 1.807) is 61.2 Å². The molecule has 332 valence electrons. The highest BCUT2D eigenvalue weighted by atomic mass is 16.5. The molecule has 0 bridgehead atoms. The lowest BCUT2D eigenvalue weighted by atomic mass is 10.1. The van der Waals surface area contributed by atoms with Crippen molar-refractivity contribution in [2.75, 3.05) is 76.7 Å². The van der Waals surface area contributed by atoms with Crippen molar-refractivity contribution in [3.05, 3.63) is 66.0 Å². The van der Waals surface area contributed by atoms with E-state index in [0.717, 1.165) is 87.7 Å². The van der Waals surface area contributed by atoms with E-state index in [-0.39, 0.29) is 49.2 Å². The molecule has 63 heavy (non-hydrogen) atoms. The number of hydrogen-bond donors (Lipinski definition) is 3. The molecule has 0 atom stereocenters. The Hall–Kier alpha value is -6.56. The number of aromatic nitrogens is 5. The van der Waals surface area contributed by atoms with Gasteiger partial charge >= 0.3 is 6.03 Å². The number of unbranched alkanes of at least 4 members (excludes halogenated alkanes) is 3. The zero-order valence-corrected chi connectivity index (χ0v) is 36.3. The van der Waals surface area contributed by atoms with Crippen LogP contribution in [0.3, 0.4) is 0 Å². The second-order valence-corrected chi connectivity index (χ2v) is 16.7. The van der Waals surface area contributed by atoms with E-state index in [4.69, 9.17) is 9.72 Å². The van der Waals surface area contributed by atoms with Crippen LogP contribution in [0.25, 0.3) is 21.9 Å². The van der Waals surface area contributed by atoms with Gasteiger partial charge in [0.15, 0.2) is 12.4 Å². The molecule has 2 aliphatic heterocycles. The number of fused-ring (bicyclic) bond motifs is 2. The van der Waals surface area contributed by atoms with Gasteiger partial charge in [-0.05, 0) is 74.7 Å². The van der Waals surface area contributed by atoms with Crippen LogP contribution >= 0.6 is 0 Å². The molecule has 6 amide bonds. The van der Waals surface area contributed by atoms with Gasteiger partial charge in [-0.1, -0.05) is 31.7 Å². The summed E-state index contributed by atoms with van der Waals surface area (Å²) < 4.78 is 9.74. The first-order valence-corrected chi connectivity index (χ1v) is 22.0. The van der Waals surface area contributed by atoms with E-state index in [9.17, 15) is 24.0 Å². The zero-order valence-electron chi connectivity index (χ0n) is 36.3. The Balaban J connectivity index is 0.720. The van der Waals surface area contributed by atoms with Crippen LogP contribution in [0.1, 0.15) is 84.7 Å². The van der Waals surface area contributed by atoms with Crippen molar-refractivity contribution < 1.29 is 28.7 Å². The molecule has 18 heteroatoms. The molecule has 5 aromatic rings. The third-order valence-corrected chi connectivity index (χ3v) is 12.2. The maximum Gasteiger partial charge on any atom is 0.329 e. The number of rotatable bonds is 16. The molecule has 3 fully saturated rings. The van der Waals surface area contributed by atoms with Crippen molar-refractivity contribution in [1.29, 1.82) is 0 Å². The number of nitrogens with zero attached hydrogens (tertiary/aromatic N) is 9. The Kier molecular flexibility index (Phi) is 13.2. The molecule has 2 saturated heterocycles. The molecule has 8 rings (SSSR count). The van der Waals surface area contributed by atoms with Gasteiger partial charge in [-0.25, -0.2) is 9.78 Å². The Morgan fingerprint density at radius 1 is 0.937 bits per heavy atom. The number of para-hydroxylation sites is 1. The molecule has 3 aliphatic rings. The molecule has 0 radical (unpaired) electrons. The Bertz CT molecular complexity index is 2480. The normalized spacial score (nSPS) is 16.2. The second-order valence-electron chi connectivity index (χ2n) is 16.7. The fourth-order valence-electron chi connectivity index (χ4n) is 8.76. The molecule has 2 aromatic carbocycles. The maximum atomic E-state index is 13.1. The largest absolute Gasteiger partial charge is 0.481 e. The average Bonchev–Trinajstić information content (AvgIpc) is 4.03. The van der Waals surface area contributed by atoms with E-state index in [0.29, 0.717) is 59.3 Å². The van der Waals surface area contributed by atoms with Crippen LogP contribution in [0.2, 0.25) is 0 Å². The van der Waals surface area contributed by atoms with Gasteiger partial charge in [0.25, 0.3) is 17.7 Å². The zero-order chi connectivity index (χ0) is 44.0. The van der Waals surface area contributed by atoms with Gasteiger partial charge in [-0.15, -0.1) is 0 Å². The highest BCUT2D eigenvalue weighted by Gasteiger charge is 2.30. The van der Waals surface area contributed by atoms with Crippen molar-refractivity contribution in [2.45, 2.75) is 63.8 Å². The van der Waals surface area contributed by atoms with Crippen LogP contribution in [0.4, 0.5) is 22.2 Å². The Morgan fingerprint density at radius 2 is 1.70 bits per heavy atom. The van der Waals surface area contributed by atoms with Crippen molar-refractivity contribution >= 4 is 69.0 Å². The molecule has 0 spiro atoms.